The van der Waals surface area contributed by atoms with Crippen LogP contribution in [0, 0.1) is 0 Å². The molecule has 13 heteroatoms. The molecule has 0 bridgehead atoms. The van der Waals surface area contributed by atoms with Gasteiger partial charge in [-0.05, 0) is 18.2 Å². The van der Waals surface area contributed by atoms with E-state index >= 15 is 0 Å². The standard InChI is InChI=1S/C22H22ClN5O7/c1-32-14-6-5-11(7-17(14)35-4)28-21(30)19-20(22(28)31)27(26-25-19)10-18(29)24-13-8-12(23)15(33-2)9-16(13)34-3/h5-9,19-20H,10H2,1-4H3,(H,24,29). The molecule has 2 aromatic rings. The van der Waals surface area contributed by atoms with Gasteiger partial charge in [-0.15, -0.1) is 0 Å². The van der Waals surface area contributed by atoms with Crippen molar-refractivity contribution in [3.63, 3.8) is 0 Å². The van der Waals surface area contributed by atoms with Gasteiger partial charge in [0.15, 0.2) is 23.6 Å². The molecule has 2 unspecified atom stereocenters. The van der Waals surface area contributed by atoms with Crippen molar-refractivity contribution in [2.45, 2.75) is 12.1 Å². The number of amides is 3. The fraction of sp³-hybridized carbons (Fsp3) is 0.318. The van der Waals surface area contributed by atoms with Crippen molar-refractivity contribution in [2.24, 2.45) is 10.3 Å². The monoisotopic (exact) mass is 503 g/mol. The zero-order valence-corrected chi connectivity index (χ0v) is 20.0. The van der Waals surface area contributed by atoms with Crippen LogP contribution in [0.15, 0.2) is 40.7 Å². The molecule has 2 aliphatic rings. The highest BCUT2D eigenvalue weighted by Gasteiger charge is 2.55. The molecule has 3 amide bonds. The van der Waals surface area contributed by atoms with E-state index in [0.717, 1.165) is 4.90 Å². The summed E-state index contributed by atoms with van der Waals surface area (Å²) in [4.78, 5) is 39.9. The summed E-state index contributed by atoms with van der Waals surface area (Å²) in [6, 6.07) is 5.56. The number of nitrogens with zero attached hydrogens (tertiary/aromatic N) is 4. The first-order valence-corrected chi connectivity index (χ1v) is 10.7. The van der Waals surface area contributed by atoms with E-state index in [9.17, 15) is 14.4 Å². The smallest absolute Gasteiger partial charge is 0.263 e. The van der Waals surface area contributed by atoms with Gasteiger partial charge >= 0.3 is 0 Å². The molecule has 35 heavy (non-hydrogen) atoms. The van der Waals surface area contributed by atoms with Crippen LogP contribution in [0.5, 0.6) is 23.0 Å². The van der Waals surface area contributed by atoms with Gasteiger partial charge in [0, 0.05) is 12.1 Å². The highest BCUT2D eigenvalue weighted by atomic mass is 35.5. The Kier molecular flexibility index (Phi) is 6.65. The maximum absolute atomic E-state index is 13.2. The number of hydrogen-bond donors (Lipinski definition) is 1. The maximum atomic E-state index is 13.2. The summed E-state index contributed by atoms with van der Waals surface area (Å²) in [6.07, 6.45) is 0. The quantitative estimate of drug-likeness (QED) is 0.543. The fourth-order valence-electron chi connectivity index (χ4n) is 3.87. The number of fused-ring (bicyclic) bond motifs is 1. The normalized spacial score (nSPS) is 18.5. The van der Waals surface area contributed by atoms with E-state index in [1.807, 2.05) is 0 Å². The molecular formula is C22H22ClN5O7. The maximum Gasteiger partial charge on any atom is 0.263 e. The van der Waals surface area contributed by atoms with E-state index in [4.69, 9.17) is 30.5 Å². The van der Waals surface area contributed by atoms with E-state index < -0.39 is 29.8 Å². The number of ether oxygens (including phenoxy) is 4. The average molecular weight is 504 g/mol. The van der Waals surface area contributed by atoms with Gasteiger partial charge in [0.25, 0.3) is 11.8 Å². The molecular weight excluding hydrogens is 482 g/mol. The molecule has 1 fully saturated rings. The summed E-state index contributed by atoms with van der Waals surface area (Å²) in [6.45, 7) is -0.337. The van der Waals surface area contributed by atoms with Gasteiger partial charge in [0.2, 0.25) is 5.91 Å². The lowest BCUT2D eigenvalue weighted by Crippen LogP contribution is -2.43. The molecule has 4 rings (SSSR count). The van der Waals surface area contributed by atoms with E-state index in [0.29, 0.717) is 34.4 Å². The van der Waals surface area contributed by atoms with Gasteiger partial charge in [0.1, 0.15) is 18.0 Å². The van der Waals surface area contributed by atoms with Crippen LogP contribution in [-0.2, 0) is 14.4 Å². The molecule has 2 atom stereocenters. The van der Waals surface area contributed by atoms with Crippen molar-refractivity contribution in [1.29, 1.82) is 0 Å². The minimum absolute atomic E-state index is 0.270. The van der Waals surface area contributed by atoms with Crippen molar-refractivity contribution >= 4 is 40.7 Å². The molecule has 2 heterocycles. The van der Waals surface area contributed by atoms with Crippen LogP contribution in [0.4, 0.5) is 11.4 Å². The minimum Gasteiger partial charge on any atom is -0.495 e. The lowest BCUT2D eigenvalue weighted by Gasteiger charge is -2.21. The van der Waals surface area contributed by atoms with Crippen LogP contribution in [0.25, 0.3) is 0 Å². The molecule has 0 aromatic heterocycles. The average Bonchev–Trinajstić information content (AvgIpc) is 3.37. The van der Waals surface area contributed by atoms with Crippen molar-refractivity contribution in [3.8, 4) is 23.0 Å². The number of imide groups is 1. The Hall–Kier alpha value is -4.06. The highest BCUT2D eigenvalue weighted by Crippen LogP contribution is 2.38. The van der Waals surface area contributed by atoms with Gasteiger partial charge in [-0.25, -0.2) is 4.90 Å². The van der Waals surface area contributed by atoms with Crippen LogP contribution >= 0.6 is 11.6 Å². The van der Waals surface area contributed by atoms with E-state index in [1.165, 1.54) is 51.6 Å². The number of benzene rings is 2. The second kappa shape index (κ2) is 9.66. The summed E-state index contributed by atoms with van der Waals surface area (Å²) >= 11 is 6.16. The van der Waals surface area contributed by atoms with E-state index in [1.54, 1.807) is 12.1 Å². The first-order valence-electron chi connectivity index (χ1n) is 10.3. The molecule has 12 nitrogen and oxygen atoms in total. The summed E-state index contributed by atoms with van der Waals surface area (Å²) in [7, 11) is 5.82. The fourth-order valence-corrected chi connectivity index (χ4v) is 4.11. The highest BCUT2D eigenvalue weighted by molar-refractivity contribution is 6.32. The van der Waals surface area contributed by atoms with Crippen molar-refractivity contribution in [1.82, 2.24) is 5.01 Å². The molecule has 1 saturated heterocycles. The molecule has 0 radical (unpaired) electrons. The molecule has 2 aromatic carbocycles. The number of carbonyl (C=O) groups is 3. The van der Waals surface area contributed by atoms with Crippen molar-refractivity contribution < 1.29 is 33.3 Å². The Labute approximate surface area is 205 Å². The number of hydrogen-bond acceptors (Lipinski definition) is 10. The first-order chi connectivity index (χ1) is 16.8. The number of carbonyl (C=O) groups excluding carboxylic acids is 3. The largest absolute Gasteiger partial charge is 0.495 e. The van der Waals surface area contributed by atoms with Crippen molar-refractivity contribution in [3.05, 3.63) is 35.4 Å². The molecule has 2 aliphatic heterocycles. The van der Waals surface area contributed by atoms with Crippen LogP contribution in [0.2, 0.25) is 5.02 Å². The Morgan fingerprint density at radius 1 is 0.943 bits per heavy atom. The summed E-state index contributed by atoms with van der Waals surface area (Å²) < 4.78 is 20.9. The van der Waals surface area contributed by atoms with Crippen molar-refractivity contribution in [2.75, 3.05) is 45.2 Å². The number of methoxy groups -OCH3 is 4. The Morgan fingerprint density at radius 3 is 2.29 bits per heavy atom. The number of halogens is 1. The predicted octanol–water partition coefficient (Wildman–Crippen LogP) is 2.31. The Morgan fingerprint density at radius 2 is 1.63 bits per heavy atom. The predicted molar refractivity (Wildman–Crippen MR) is 124 cm³/mol. The van der Waals surface area contributed by atoms with Gasteiger partial charge in [-0.1, -0.05) is 16.8 Å². The zero-order valence-electron chi connectivity index (χ0n) is 19.3. The molecule has 1 N–H and O–H groups in total. The lowest BCUT2D eigenvalue weighted by atomic mass is 10.1. The molecule has 184 valence electrons. The van der Waals surface area contributed by atoms with Crippen LogP contribution in [-0.4, -0.2) is 69.8 Å². The van der Waals surface area contributed by atoms with Gasteiger partial charge in [-0.3, -0.25) is 19.4 Å². The molecule has 0 aliphatic carbocycles. The van der Waals surface area contributed by atoms with Gasteiger partial charge in [-0.2, -0.15) is 5.11 Å². The Balaban J connectivity index is 1.51. The first kappa shape index (κ1) is 24.1. The third-order valence-electron chi connectivity index (χ3n) is 5.54. The van der Waals surface area contributed by atoms with Gasteiger partial charge in [0.05, 0.1) is 44.8 Å². The second-order valence-electron chi connectivity index (χ2n) is 7.48. The SMILES string of the molecule is COc1cc(OC)c(NC(=O)CN2N=NC3C(=O)N(c4ccc(OC)c(OC)c4)C(=O)C32)cc1Cl. The van der Waals surface area contributed by atoms with Gasteiger partial charge < -0.3 is 24.3 Å². The Bertz CT molecular complexity index is 1220. The van der Waals surface area contributed by atoms with E-state index in [-0.39, 0.29) is 11.6 Å². The van der Waals surface area contributed by atoms with Crippen LogP contribution < -0.4 is 29.2 Å². The third kappa shape index (κ3) is 4.28. The summed E-state index contributed by atoms with van der Waals surface area (Å²) in [5, 5.41) is 11.9. The number of anilines is 2. The number of nitrogens with one attached hydrogen (secondary N) is 1. The second-order valence-corrected chi connectivity index (χ2v) is 7.89. The molecule has 0 spiro atoms. The topological polar surface area (TPSA) is 131 Å². The number of rotatable bonds is 8. The summed E-state index contributed by atoms with van der Waals surface area (Å²) in [5.41, 5.74) is 0.598. The third-order valence-corrected chi connectivity index (χ3v) is 5.83. The minimum atomic E-state index is -1.06. The molecule has 0 saturated carbocycles. The van der Waals surface area contributed by atoms with Crippen LogP contribution in [0.3, 0.4) is 0 Å². The van der Waals surface area contributed by atoms with Crippen LogP contribution in [0.1, 0.15) is 0 Å². The lowest BCUT2D eigenvalue weighted by molar-refractivity contribution is -0.123. The zero-order chi connectivity index (χ0) is 25.3. The summed E-state index contributed by atoms with van der Waals surface area (Å²) in [5.74, 6) is -0.128. The van der Waals surface area contributed by atoms with E-state index in [2.05, 4.69) is 15.7 Å².